The molecule has 0 saturated heterocycles. The fourth-order valence-corrected chi connectivity index (χ4v) is 3.65. The van der Waals surface area contributed by atoms with Gasteiger partial charge in [-0.3, -0.25) is 4.79 Å². The topological polar surface area (TPSA) is 102 Å². The number of rotatable bonds is 8. The Kier molecular flexibility index (Phi) is 7.58. The molecule has 8 nitrogen and oxygen atoms in total. The second-order valence-corrected chi connectivity index (χ2v) is 9.20. The molecule has 0 aliphatic rings. The van der Waals surface area contributed by atoms with E-state index in [-0.39, 0.29) is 22.3 Å². The third kappa shape index (κ3) is 6.04. The van der Waals surface area contributed by atoms with E-state index >= 15 is 0 Å². The minimum absolute atomic E-state index is 0.0153. The molecule has 0 unspecified atom stereocenters. The van der Waals surface area contributed by atoms with Crippen molar-refractivity contribution in [3.8, 4) is 5.75 Å². The Balaban J connectivity index is 1.99. The number of aryl methyl sites for hydroxylation is 1. The van der Waals surface area contributed by atoms with Gasteiger partial charge in [-0.2, -0.15) is 0 Å². The summed E-state index contributed by atoms with van der Waals surface area (Å²) in [6, 6.07) is 11.0. The van der Waals surface area contributed by atoms with Crippen LogP contribution in [0.15, 0.2) is 47.4 Å². The molecule has 2 aromatic carbocycles. The van der Waals surface area contributed by atoms with E-state index in [0.29, 0.717) is 11.3 Å². The molecule has 1 amide bonds. The van der Waals surface area contributed by atoms with Crippen LogP contribution in [0, 0.1) is 6.92 Å². The maximum absolute atomic E-state index is 12.4. The van der Waals surface area contributed by atoms with E-state index in [1.165, 1.54) is 20.2 Å². The number of carbonyl (C=O) groups is 2. The summed E-state index contributed by atoms with van der Waals surface area (Å²) in [5.74, 6) is -0.608. The normalized spacial score (nSPS) is 11.4. The lowest BCUT2D eigenvalue weighted by molar-refractivity contribution is -0.119. The maximum Gasteiger partial charge on any atom is 0.338 e. The molecule has 0 aromatic heterocycles. The largest absolute Gasteiger partial charge is 0.491 e. The average Bonchev–Trinajstić information content (AvgIpc) is 2.67. The van der Waals surface area contributed by atoms with Crippen LogP contribution in [0.25, 0.3) is 0 Å². The first-order valence-electron chi connectivity index (χ1n) is 9.27. The Labute approximate surface area is 176 Å². The Hall–Kier alpha value is -2.91. The van der Waals surface area contributed by atoms with Crippen LogP contribution in [0.4, 0.5) is 5.69 Å². The highest BCUT2D eigenvalue weighted by Crippen LogP contribution is 2.22. The Morgan fingerprint density at radius 1 is 1.07 bits per heavy atom. The van der Waals surface area contributed by atoms with Gasteiger partial charge < -0.3 is 14.8 Å². The molecule has 0 spiro atoms. The van der Waals surface area contributed by atoms with Crippen LogP contribution < -0.4 is 10.1 Å². The summed E-state index contributed by atoms with van der Waals surface area (Å²) in [4.78, 5) is 24.3. The van der Waals surface area contributed by atoms with Crippen LogP contribution in [-0.2, 0) is 19.6 Å². The lowest BCUT2D eigenvalue weighted by atomic mass is 10.2. The molecule has 0 heterocycles. The number of ether oxygens (including phenoxy) is 2. The van der Waals surface area contributed by atoms with Crippen LogP contribution in [0.3, 0.4) is 0 Å². The van der Waals surface area contributed by atoms with E-state index in [0.717, 1.165) is 4.31 Å². The van der Waals surface area contributed by atoms with Crippen molar-refractivity contribution in [2.24, 2.45) is 0 Å². The first kappa shape index (κ1) is 23.4. The molecule has 0 fully saturated rings. The van der Waals surface area contributed by atoms with E-state index in [1.54, 1.807) is 43.3 Å². The predicted octanol–water partition coefficient (Wildman–Crippen LogP) is 2.83. The highest BCUT2D eigenvalue weighted by Gasteiger charge is 2.20. The van der Waals surface area contributed by atoms with E-state index in [9.17, 15) is 18.0 Å². The van der Waals surface area contributed by atoms with Gasteiger partial charge in [0.15, 0.2) is 6.61 Å². The number of amides is 1. The van der Waals surface area contributed by atoms with Gasteiger partial charge in [-0.05, 0) is 62.7 Å². The lowest BCUT2D eigenvalue weighted by Crippen LogP contribution is -2.24. The van der Waals surface area contributed by atoms with Gasteiger partial charge in [0.2, 0.25) is 10.0 Å². The van der Waals surface area contributed by atoms with Crippen molar-refractivity contribution in [2.45, 2.75) is 31.8 Å². The Bertz CT molecular complexity index is 1010. The molecular weight excluding hydrogens is 408 g/mol. The minimum atomic E-state index is -3.65. The highest BCUT2D eigenvalue weighted by molar-refractivity contribution is 7.89. The molecule has 2 aromatic rings. The number of benzene rings is 2. The molecular formula is C21H26N2O6S. The summed E-state index contributed by atoms with van der Waals surface area (Å²) in [5, 5.41) is 2.54. The van der Waals surface area contributed by atoms with E-state index < -0.39 is 28.5 Å². The van der Waals surface area contributed by atoms with Crippen LogP contribution in [0.5, 0.6) is 5.75 Å². The third-order valence-corrected chi connectivity index (χ3v) is 5.98. The zero-order chi connectivity index (χ0) is 22.5. The molecule has 0 radical (unpaired) electrons. The molecule has 9 heteroatoms. The molecule has 0 aliphatic heterocycles. The molecule has 0 bridgehead atoms. The van der Waals surface area contributed by atoms with E-state index in [4.69, 9.17) is 9.47 Å². The summed E-state index contributed by atoms with van der Waals surface area (Å²) >= 11 is 0. The van der Waals surface area contributed by atoms with Crippen molar-refractivity contribution in [3.05, 3.63) is 53.6 Å². The SMILES string of the molecule is Cc1ccc(NC(=O)COC(=O)c2ccc(OC(C)C)cc2)cc1S(=O)(=O)N(C)C. The minimum Gasteiger partial charge on any atom is -0.491 e. The van der Waals surface area contributed by atoms with Gasteiger partial charge in [-0.15, -0.1) is 0 Å². The summed E-state index contributed by atoms with van der Waals surface area (Å²) in [5.41, 5.74) is 1.13. The first-order chi connectivity index (χ1) is 14.0. The Morgan fingerprint density at radius 3 is 2.27 bits per heavy atom. The van der Waals surface area contributed by atoms with Crippen LogP contribution in [0.2, 0.25) is 0 Å². The number of nitrogens with zero attached hydrogens (tertiary/aromatic N) is 1. The number of nitrogens with one attached hydrogen (secondary N) is 1. The highest BCUT2D eigenvalue weighted by atomic mass is 32.2. The number of esters is 1. The smallest absolute Gasteiger partial charge is 0.338 e. The van der Waals surface area contributed by atoms with Gasteiger partial charge in [0, 0.05) is 19.8 Å². The zero-order valence-electron chi connectivity index (χ0n) is 17.6. The van der Waals surface area contributed by atoms with Crippen molar-refractivity contribution in [1.82, 2.24) is 4.31 Å². The molecule has 0 atom stereocenters. The van der Waals surface area contributed by atoms with Crippen molar-refractivity contribution in [2.75, 3.05) is 26.0 Å². The number of hydrogen-bond acceptors (Lipinski definition) is 6. The van der Waals surface area contributed by atoms with Gasteiger partial charge in [0.05, 0.1) is 16.6 Å². The summed E-state index contributed by atoms with van der Waals surface area (Å²) in [7, 11) is -0.789. The van der Waals surface area contributed by atoms with Gasteiger partial charge >= 0.3 is 5.97 Å². The number of sulfonamides is 1. The summed E-state index contributed by atoms with van der Waals surface area (Å²) < 4.78 is 36.4. The fraction of sp³-hybridized carbons (Fsp3) is 0.333. The van der Waals surface area contributed by atoms with E-state index in [1.807, 2.05) is 13.8 Å². The molecule has 0 saturated carbocycles. The average molecular weight is 435 g/mol. The van der Waals surface area contributed by atoms with E-state index in [2.05, 4.69) is 5.32 Å². The summed E-state index contributed by atoms with van der Waals surface area (Å²) in [6.45, 7) is 4.95. The second-order valence-electron chi connectivity index (χ2n) is 7.08. The van der Waals surface area contributed by atoms with Crippen molar-refractivity contribution >= 4 is 27.6 Å². The van der Waals surface area contributed by atoms with Crippen molar-refractivity contribution < 1.29 is 27.5 Å². The standard InChI is InChI=1S/C21H26N2O6S/c1-14(2)29-18-10-7-16(8-11-18)21(25)28-13-20(24)22-17-9-6-15(3)19(12-17)30(26,27)23(4)5/h6-12,14H,13H2,1-5H3,(H,22,24). The Morgan fingerprint density at radius 2 is 1.70 bits per heavy atom. The summed E-state index contributed by atoms with van der Waals surface area (Å²) in [6.07, 6.45) is 0.0153. The van der Waals surface area contributed by atoms with Crippen LogP contribution in [0.1, 0.15) is 29.8 Å². The van der Waals surface area contributed by atoms with Crippen molar-refractivity contribution in [1.29, 1.82) is 0 Å². The van der Waals surface area contributed by atoms with Gasteiger partial charge in [-0.1, -0.05) is 6.07 Å². The lowest BCUT2D eigenvalue weighted by Gasteiger charge is -2.15. The van der Waals surface area contributed by atoms with Crippen molar-refractivity contribution in [3.63, 3.8) is 0 Å². The number of hydrogen-bond donors (Lipinski definition) is 1. The fourth-order valence-electron chi connectivity index (χ4n) is 2.51. The third-order valence-electron chi connectivity index (χ3n) is 4.03. The van der Waals surface area contributed by atoms with Crippen LogP contribution >= 0.6 is 0 Å². The zero-order valence-corrected chi connectivity index (χ0v) is 18.4. The predicted molar refractivity (Wildman–Crippen MR) is 113 cm³/mol. The number of anilines is 1. The maximum atomic E-state index is 12.4. The molecule has 30 heavy (non-hydrogen) atoms. The molecule has 2 rings (SSSR count). The van der Waals surface area contributed by atoms with Crippen LogP contribution in [-0.4, -0.2) is 51.4 Å². The number of carbonyl (C=O) groups excluding carboxylic acids is 2. The van der Waals surface area contributed by atoms with Gasteiger partial charge in [0.1, 0.15) is 5.75 Å². The molecule has 162 valence electrons. The van der Waals surface area contributed by atoms with Gasteiger partial charge in [-0.25, -0.2) is 17.5 Å². The van der Waals surface area contributed by atoms with Gasteiger partial charge in [0.25, 0.3) is 5.91 Å². The first-order valence-corrected chi connectivity index (χ1v) is 10.7. The monoisotopic (exact) mass is 434 g/mol. The molecule has 1 N–H and O–H groups in total. The molecule has 0 aliphatic carbocycles. The quantitative estimate of drug-likeness (QED) is 0.641. The second kappa shape index (κ2) is 9.73.